The van der Waals surface area contributed by atoms with Gasteiger partial charge in [0.05, 0.1) is 5.92 Å². The van der Waals surface area contributed by atoms with E-state index in [0.29, 0.717) is 30.8 Å². The minimum absolute atomic E-state index is 0.152. The van der Waals surface area contributed by atoms with Crippen molar-refractivity contribution < 1.29 is 14.3 Å². The molecule has 1 amide bonds. The van der Waals surface area contributed by atoms with Crippen molar-refractivity contribution in [1.82, 2.24) is 4.90 Å². The first-order valence-corrected chi connectivity index (χ1v) is 9.44. The van der Waals surface area contributed by atoms with Gasteiger partial charge in [-0.25, -0.2) is 0 Å². The minimum atomic E-state index is -0.223. The molecule has 1 fully saturated rings. The highest BCUT2D eigenvalue weighted by Crippen LogP contribution is 2.36. The molecule has 0 radical (unpaired) electrons. The molecular weight excluding hydrogens is 350 g/mol. The number of ether oxygens (including phenoxy) is 2. The lowest BCUT2D eigenvalue weighted by Gasteiger charge is -2.27. The second-order valence-corrected chi connectivity index (χ2v) is 7.38. The average Bonchev–Trinajstić information content (AvgIpc) is 3.51. The molecule has 1 aliphatic carbocycles. The van der Waals surface area contributed by atoms with Crippen molar-refractivity contribution >= 4 is 17.5 Å². The van der Waals surface area contributed by atoms with Gasteiger partial charge in [0.2, 0.25) is 5.91 Å². The van der Waals surface area contributed by atoms with Gasteiger partial charge < -0.3 is 14.4 Å². The quantitative estimate of drug-likeness (QED) is 0.781. The van der Waals surface area contributed by atoms with E-state index < -0.39 is 0 Å². The van der Waals surface area contributed by atoms with Crippen molar-refractivity contribution in [2.45, 2.75) is 38.3 Å². The van der Waals surface area contributed by atoms with Gasteiger partial charge in [-0.2, -0.15) is 0 Å². The van der Waals surface area contributed by atoms with E-state index in [4.69, 9.17) is 21.1 Å². The lowest BCUT2D eigenvalue weighted by molar-refractivity contribution is -0.133. The number of benzene rings is 2. The molecule has 0 bridgehead atoms. The van der Waals surface area contributed by atoms with Crippen LogP contribution in [-0.4, -0.2) is 30.1 Å². The topological polar surface area (TPSA) is 38.8 Å². The molecule has 0 aromatic heterocycles. The molecule has 136 valence electrons. The van der Waals surface area contributed by atoms with Gasteiger partial charge in [0.1, 0.15) is 13.2 Å². The van der Waals surface area contributed by atoms with Crippen molar-refractivity contribution in [3.8, 4) is 11.5 Å². The Morgan fingerprint density at radius 2 is 1.81 bits per heavy atom. The molecule has 2 aromatic carbocycles. The molecule has 26 heavy (non-hydrogen) atoms. The molecule has 5 heteroatoms. The fourth-order valence-electron chi connectivity index (χ4n) is 3.28. The first kappa shape index (κ1) is 17.2. The lowest BCUT2D eigenvalue weighted by Crippen LogP contribution is -2.35. The van der Waals surface area contributed by atoms with Crippen molar-refractivity contribution in [2.75, 3.05) is 13.2 Å². The van der Waals surface area contributed by atoms with Crippen molar-refractivity contribution in [3.63, 3.8) is 0 Å². The Morgan fingerprint density at radius 3 is 2.50 bits per heavy atom. The molecular formula is C21H22ClNO3. The Morgan fingerprint density at radius 1 is 1.12 bits per heavy atom. The maximum absolute atomic E-state index is 13.2. The van der Waals surface area contributed by atoms with Crippen LogP contribution in [0.2, 0.25) is 5.02 Å². The molecule has 2 aromatic rings. The van der Waals surface area contributed by atoms with Gasteiger partial charge in [-0.3, -0.25) is 4.79 Å². The van der Waals surface area contributed by atoms with Gasteiger partial charge >= 0.3 is 0 Å². The van der Waals surface area contributed by atoms with Gasteiger partial charge in [0.15, 0.2) is 11.5 Å². The van der Waals surface area contributed by atoms with Crippen LogP contribution in [0.1, 0.15) is 36.8 Å². The number of carbonyl (C=O) groups excluding carboxylic acids is 1. The number of halogens is 1. The summed E-state index contributed by atoms with van der Waals surface area (Å²) in [6.07, 6.45) is 2.15. The zero-order chi connectivity index (χ0) is 18.1. The van der Waals surface area contributed by atoms with Gasteiger partial charge in [-0.1, -0.05) is 29.8 Å². The first-order chi connectivity index (χ1) is 12.6. The summed E-state index contributed by atoms with van der Waals surface area (Å²) in [7, 11) is 0. The fraction of sp³-hybridized carbons (Fsp3) is 0.381. The Kier molecular flexibility index (Phi) is 4.77. The number of hydrogen-bond acceptors (Lipinski definition) is 3. The summed E-state index contributed by atoms with van der Waals surface area (Å²) in [6, 6.07) is 13.9. The number of carbonyl (C=O) groups is 1. The maximum atomic E-state index is 13.2. The van der Waals surface area contributed by atoms with Crippen LogP contribution in [0.15, 0.2) is 42.5 Å². The van der Waals surface area contributed by atoms with E-state index >= 15 is 0 Å². The van der Waals surface area contributed by atoms with E-state index in [9.17, 15) is 4.79 Å². The van der Waals surface area contributed by atoms with Crippen LogP contribution in [0.25, 0.3) is 0 Å². The highest BCUT2D eigenvalue weighted by Gasteiger charge is 2.35. The zero-order valence-corrected chi connectivity index (χ0v) is 15.5. The van der Waals surface area contributed by atoms with Gasteiger partial charge in [0.25, 0.3) is 0 Å². The molecule has 1 unspecified atom stereocenters. The molecule has 1 saturated carbocycles. The summed E-state index contributed by atoms with van der Waals surface area (Å²) in [4.78, 5) is 15.2. The van der Waals surface area contributed by atoms with Crippen LogP contribution in [0.5, 0.6) is 11.5 Å². The number of nitrogens with zero attached hydrogens (tertiary/aromatic N) is 1. The summed E-state index contributed by atoms with van der Waals surface area (Å²) in [5.41, 5.74) is 2.06. The molecule has 1 aliphatic heterocycles. The Bertz CT molecular complexity index is 801. The largest absolute Gasteiger partial charge is 0.486 e. The molecule has 4 rings (SSSR count). The molecule has 0 N–H and O–H groups in total. The van der Waals surface area contributed by atoms with Crippen molar-refractivity contribution in [3.05, 3.63) is 58.6 Å². The zero-order valence-electron chi connectivity index (χ0n) is 14.8. The maximum Gasteiger partial charge on any atom is 0.230 e. The normalized spacial score (nSPS) is 16.8. The standard InChI is InChI=1S/C21H22ClNO3/c1-14(16-4-9-19-20(12-16)26-11-10-25-19)21(24)23(18-7-8-18)13-15-2-5-17(22)6-3-15/h2-6,9,12,14,18H,7-8,10-11,13H2,1H3. The van der Waals surface area contributed by atoms with Crippen LogP contribution in [0.4, 0.5) is 0 Å². The molecule has 1 heterocycles. The summed E-state index contributed by atoms with van der Waals surface area (Å²) in [5, 5.41) is 0.711. The smallest absolute Gasteiger partial charge is 0.230 e. The highest BCUT2D eigenvalue weighted by atomic mass is 35.5. The lowest BCUT2D eigenvalue weighted by atomic mass is 9.98. The molecule has 0 spiro atoms. The second-order valence-electron chi connectivity index (χ2n) is 6.95. The number of fused-ring (bicyclic) bond motifs is 1. The Hall–Kier alpha value is -2.20. The molecule has 4 nitrogen and oxygen atoms in total. The van der Waals surface area contributed by atoms with E-state index in [-0.39, 0.29) is 11.8 Å². The second kappa shape index (κ2) is 7.20. The van der Waals surface area contributed by atoms with Crippen molar-refractivity contribution in [2.24, 2.45) is 0 Å². The van der Waals surface area contributed by atoms with Gasteiger partial charge in [-0.05, 0) is 55.2 Å². The van der Waals surface area contributed by atoms with Crippen LogP contribution in [0.3, 0.4) is 0 Å². The van der Waals surface area contributed by atoms with Crippen LogP contribution in [0, 0.1) is 0 Å². The van der Waals surface area contributed by atoms with E-state index in [1.54, 1.807) is 0 Å². The molecule has 2 aliphatic rings. The summed E-state index contributed by atoms with van der Waals surface area (Å²) in [6.45, 7) is 3.70. The SMILES string of the molecule is CC(C(=O)N(Cc1ccc(Cl)cc1)C1CC1)c1ccc2c(c1)OCCO2. The predicted molar refractivity (Wildman–Crippen MR) is 101 cm³/mol. The van der Waals surface area contributed by atoms with E-state index in [1.807, 2.05) is 54.3 Å². The van der Waals surface area contributed by atoms with Crippen molar-refractivity contribution in [1.29, 1.82) is 0 Å². The summed E-state index contributed by atoms with van der Waals surface area (Å²) in [5.74, 6) is 1.40. The van der Waals surface area contributed by atoms with Gasteiger partial charge in [0, 0.05) is 17.6 Å². The fourth-order valence-corrected chi connectivity index (χ4v) is 3.41. The molecule has 0 saturated heterocycles. The predicted octanol–water partition coefficient (Wildman–Crippen LogP) is 4.41. The first-order valence-electron chi connectivity index (χ1n) is 9.06. The third-order valence-electron chi connectivity index (χ3n) is 4.97. The average molecular weight is 372 g/mol. The third-order valence-corrected chi connectivity index (χ3v) is 5.23. The third kappa shape index (κ3) is 3.65. The van der Waals surface area contributed by atoms with Crippen LogP contribution >= 0.6 is 11.6 Å². The molecule has 1 atom stereocenters. The van der Waals surface area contributed by atoms with Crippen LogP contribution in [-0.2, 0) is 11.3 Å². The number of rotatable bonds is 5. The van der Waals surface area contributed by atoms with E-state index in [0.717, 1.165) is 35.5 Å². The number of amides is 1. The monoisotopic (exact) mass is 371 g/mol. The van der Waals surface area contributed by atoms with E-state index in [2.05, 4.69) is 0 Å². The minimum Gasteiger partial charge on any atom is -0.486 e. The van der Waals surface area contributed by atoms with Gasteiger partial charge in [-0.15, -0.1) is 0 Å². The highest BCUT2D eigenvalue weighted by molar-refractivity contribution is 6.30. The summed E-state index contributed by atoms with van der Waals surface area (Å²) < 4.78 is 11.2. The Labute approximate surface area is 158 Å². The summed E-state index contributed by atoms with van der Waals surface area (Å²) >= 11 is 5.97. The van der Waals surface area contributed by atoms with Crippen LogP contribution < -0.4 is 9.47 Å². The van der Waals surface area contributed by atoms with E-state index in [1.165, 1.54) is 0 Å². The Balaban J connectivity index is 1.52. The number of hydrogen-bond donors (Lipinski definition) is 0.